The van der Waals surface area contributed by atoms with Crippen molar-refractivity contribution < 1.29 is 9.59 Å². The van der Waals surface area contributed by atoms with Crippen molar-refractivity contribution in [2.75, 3.05) is 25.5 Å². The van der Waals surface area contributed by atoms with Crippen LogP contribution in [0.25, 0.3) is 0 Å². The number of rotatable bonds is 6. The van der Waals surface area contributed by atoms with Gasteiger partial charge in [-0.1, -0.05) is 13.8 Å². The highest BCUT2D eigenvalue weighted by atomic mass is 16.2. The number of hydrogen-bond donors (Lipinski definition) is 3. The van der Waals surface area contributed by atoms with E-state index in [-0.39, 0.29) is 17.7 Å². The summed E-state index contributed by atoms with van der Waals surface area (Å²) in [5.41, 5.74) is 2.20. The lowest BCUT2D eigenvalue weighted by Gasteiger charge is -2.14. The molecule has 0 bridgehead atoms. The summed E-state index contributed by atoms with van der Waals surface area (Å²) < 4.78 is 0. The van der Waals surface area contributed by atoms with Crippen LogP contribution in [0, 0.1) is 12.8 Å². The van der Waals surface area contributed by atoms with Crippen molar-refractivity contribution in [1.29, 1.82) is 0 Å². The molecule has 1 aromatic carbocycles. The van der Waals surface area contributed by atoms with Crippen LogP contribution in [0.2, 0.25) is 0 Å². The molecule has 0 heterocycles. The Kier molecular flexibility index (Phi) is 6.18. The van der Waals surface area contributed by atoms with E-state index in [0.717, 1.165) is 17.8 Å². The average molecular weight is 277 g/mol. The van der Waals surface area contributed by atoms with E-state index in [2.05, 4.69) is 16.0 Å². The number of carbonyl (C=O) groups is 2. The quantitative estimate of drug-likeness (QED) is 0.738. The fraction of sp³-hybridized carbons (Fsp3) is 0.467. The Hall–Kier alpha value is -1.88. The first-order valence-electron chi connectivity index (χ1n) is 6.83. The minimum atomic E-state index is -0.133. The predicted molar refractivity (Wildman–Crippen MR) is 80.9 cm³/mol. The molecule has 0 aliphatic carbocycles. The van der Waals surface area contributed by atoms with Gasteiger partial charge in [-0.05, 0) is 37.2 Å². The first-order chi connectivity index (χ1) is 9.49. The highest BCUT2D eigenvalue weighted by Crippen LogP contribution is 2.17. The third kappa shape index (κ3) is 4.35. The van der Waals surface area contributed by atoms with Gasteiger partial charge in [-0.15, -0.1) is 0 Å². The molecule has 0 radical (unpaired) electrons. The molecule has 0 spiro atoms. The lowest BCUT2D eigenvalue weighted by Crippen LogP contribution is -2.30. The van der Waals surface area contributed by atoms with Crippen LogP contribution in [0.1, 0.15) is 29.8 Å². The van der Waals surface area contributed by atoms with Crippen LogP contribution in [-0.2, 0) is 4.79 Å². The maximum atomic E-state index is 12.0. The number of hydrogen-bond acceptors (Lipinski definition) is 3. The zero-order valence-electron chi connectivity index (χ0n) is 12.5. The van der Waals surface area contributed by atoms with Crippen LogP contribution in [-0.4, -0.2) is 32.0 Å². The molecule has 110 valence electrons. The van der Waals surface area contributed by atoms with Gasteiger partial charge < -0.3 is 16.0 Å². The van der Waals surface area contributed by atoms with Gasteiger partial charge in [-0.2, -0.15) is 0 Å². The summed E-state index contributed by atoms with van der Waals surface area (Å²) in [5.74, 6) is -0.263. The summed E-state index contributed by atoms with van der Waals surface area (Å²) in [6.45, 7) is 7.25. The Balaban J connectivity index is 2.73. The van der Waals surface area contributed by atoms with Gasteiger partial charge in [0.05, 0.1) is 0 Å². The number of benzene rings is 1. The molecule has 0 fully saturated rings. The molecular weight excluding hydrogens is 254 g/mol. The maximum Gasteiger partial charge on any atom is 0.251 e. The summed E-state index contributed by atoms with van der Waals surface area (Å²) >= 11 is 0. The molecule has 20 heavy (non-hydrogen) atoms. The molecule has 5 heteroatoms. The van der Waals surface area contributed by atoms with Crippen LogP contribution in [0.15, 0.2) is 18.2 Å². The zero-order valence-corrected chi connectivity index (χ0v) is 12.5. The molecular formula is C15H23N3O2. The van der Waals surface area contributed by atoms with Crippen molar-refractivity contribution in [2.45, 2.75) is 20.8 Å². The second-order valence-corrected chi connectivity index (χ2v) is 4.81. The van der Waals surface area contributed by atoms with Crippen LogP contribution < -0.4 is 16.0 Å². The van der Waals surface area contributed by atoms with E-state index in [1.807, 2.05) is 20.8 Å². The largest absolute Gasteiger partial charge is 0.355 e. The van der Waals surface area contributed by atoms with Crippen molar-refractivity contribution in [3.05, 3.63) is 29.3 Å². The summed E-state index contributed by atoms with van der Waals surface area (Å²) in [7, 11) is 1.59. The average Bonchev–Trinajstić information content (AvgIpc) is 2.45. The fourth-order valence-electron chi connectivity index (χ4n) is 1.80. The Labute approximate surface area is 120 Å². The molecule has 1 unspecified atom stereocenters. The predicted octanol–water partition coefficient (Wildman–Crippen LogP) is 1.54. The van der Waals surface area contributed by atoms with E-state index >= 15 is 0 Å². The van der Waals surface area contributed by atoms with Crippen molar-refractivity contribution in [3.63, 3.8) is 0 Å². The fourth-order valence-corrected chi connectivity index (χ4v) is 1.80. The minimum Gasteiger partial charge on any atom is -0.355 e. The lowest BCUT2D eigenvalue weighted by atomic mass is 10.1. The molecule has 3 N–H and O–H groups in total. The second-order valence-electron chi connectivity index (χ2n) is 4.81. The SMILES string of the molecule is CCNCC(C)C(=O)Nc1ccc(C(=O)NC)cc1C. The first-order valence-corrected chi connectivity index (χ1v) is 6.83. The van der Waals surface area contributed by atoms with E-state index in [0.29, 0.717) is 12.1 Å². The third-order valence-electron chi connectivity index (χ3n) is 3.12. The third-order valence-corrected chi connectivity index (χ3v) is 3.12. The molecule has 0 saturated heterocycles. The number of amides is 2. The maximum absolute atomic E-state index is 12.0. The number of anilines is 1. The zero-order chi connectivity index (χ0) is 15.1. The van der Waals surface area contributed by atoms with Gasteiger partial charge >= 0.3 is 0 Å². The molecule has 2 amide bonds. The lowest BCUT2D eigenvalue weighted by molar-refractivity contribution is -0.119. The highest BCUT2D eigenvalue weighted by Gasteiger charge is 2.14. The number of aryl methyl sites for hydroxylation is 1. The summed E-state index contributed by atoms with van der Waals surface area (Å²) in [6, 6.07) is 5.23. The summed E-state index contributed by atoms with van der Waals surface area (Å²) in [5, 5.41) is 8.62. The van der Waals surface area contributed by atoms with E-state index in [9.17, 15) is 9.59 Å². The van der Waals surface area contributed by atoms with E-state index < -0.39 is 0 Å². The normalized spacial score (nSPS) is 11.8. The standard InChI is InChI=1S/C15H23N3O2/c1-5-17-9-11(3)14(19)18-13-7-6-12(8-10(13)2)15(20)16-4/h6-8,11,17H,5,9H2,1-4H3,(H,16,20)(H,18,19). The molecule has 1 atom stereocenters. The van der Waals surface area contributed by atoms with Crippen LogP contribution in [0.4, 0.5) is 5.69 Å². The molecule has 0 aliphatic heterocycles. The molecule has 5 nitrogen and oxygen atoms in total. The topological polar surface area (TPSA) is 70.2 Å². The summed E-state index contributed by atoms with van der Waals surface area (Å²) in [6.07, 6.45) is 0. The van der Waals surface area contributed by atoms with E-state index in [1.165, 1.54) is 0 Å². The number of nitrogens with one attached hydrogen (secondary N) is 3. The van der Waals surface area contributed by atoms with Crippen LogP contribution in [0.3, 0.4) is 0 Å². The first kappa shape index (κ1) is 16.2. The van der Waals surface area contributed by atoms with Crippen molar-refractivity contribution >= 4 is 17.5 Å². The number of carbonyl (C=O) groups excluding carboxylic acids is 2. The van der Waals surface area contributed by atoms with E-state index in [1.54, 1.807) is 25.2 Å². The Morgan fingerprint density at radius 1 is 1.30 bits per heavy atom. The molecule has 1 rings (SSSR count). The minimum absolute atomic E-state index is 0.0262. The highest BCUT2D eigenvalue weighted by molar-refractivity contribution is 5.96. The van der Waals surface area contributed by atoms with Gasteiger partial charge in [0, 0.05) is 30.8 Å². The Morgan fingerprint density at radius 2 is 2.00 bits per heavy atom. The monoisotopic (exact) mass is 277 g/mol. The Morgan fingerprint density at radius 3 is 2.55 bits per heavy atom. The smallest absolute Gasteiger partial charge is 0.251 e. The van der Waals surface area contributed by atoms with E-state index in [4.69, 9.17) is 0 Å². The van der Waals surface area contributed by atoms with Crippen LogP contribution in [0.5, 0.6) is 0 Å². The molecule has 0 aliphatic rings. The van der Waals surface area contributed by atoms with Gasteiger partial charge in [0.1, 0.15) is 0 Å². The van der Waals surface area contributed by atoms with Gasteiger partial charge in [0.2, 0.25) is 5.91 Å². The molecule has 0 saturated carbocycles. The van der Waals surface area contributed by atoms with Gasteiger partial charge in [-0.3, -0.25) is 9.59 Å². The van der Waals surface area contributed by atoms with Gasteiger partial charge in [-0.25, -0.2) is 0 Å². The van der Waals surface area contributed by atoms with Crippen molar-refractivity contribution in [1.82, 2.24) is 10.6 Å². The Bertz CT molecular complexity index is 486. The van der Waals surface area contributed by atoms with Crippen molar-refractivity contribution in [2.24, 2.45) is 5.92 Å². The molecule has 0 aromatic heterocycles. The van der Waals surface area contributed by atoms with Crippen LogP contribution >= 0.6 is 0 Å². The summed E-state index contributed by atoms with van der Waals surface area (Å²) in [4.78, 5) is 23.5. The van der Waals surface area contributed by atoms with Crippen molar-refractivity contribution in [3.8, 4) is 0 Å². The second kappa shape index (κ2) is 7.65. The van der Waals surface area contributed by atoms with Gasteiger partial charge in [0.15, 0.2) is 0 Å². The molecule has 1 aromatic rings. The van der Waals surface area contributed by atoms with Gasteiger partial charge in [0.25, 0.3) is 5.91 Å².